The summed E-state index contributed by atoms with van der Waals surface area (Å²) >= 11 is 0. The number of carbonyl (C=O) groups is 1. The van der Waals surface area contributed by atoms with Crippen molar-refractivity contribution in [2.45, 2.75) is 135 Å². The van der Waals surface area contributed by atoms with Crippen molar-refractivity contribution in [2.75, 3.05) is 0 Å². The molecule has 0 aromatic carbocycles. The Morgan fingerprint density at radius 2 is 0.667 bits per heavy atom. The van der Waals surface area contributed by atoms with Gasteiger partial charge in [0.15, 0.2) is 0 Å². The molecule has 0 radical (unpaired) electrons. The molecule has 0 saturated carbocycles. The minimum absolute atomic E-state index is 0.346. The SMILES string of the molecule is C=C.C=C.C=C.CCCCCCCCCCCCCCCCCCCCCC(=O)O. The van der Waals surface area contributed by atoms with E-state index in [0.29, 0.717) is 6.42 Å². The summed E-state index contributed by atoms with van der Waals surface area (Å²) in [5, 5.41) is 8.56. The van der Waals surface area contributed by atoms with E-state index in [2.05, 4.69) is 46.4 Å². The lowest BCUT2D eigenvalue weighted by molar-refractivity contribution is -0.137. The van der Waals surface area contributed by atoms with Gasteiger partial charge in [-0.05, 0) is 6.42 Å². The van der Waals surface area contributed by atoms with Crippen LogP contribution in [-0.4, -0.2) is 11.1 Å². The molecule has 2 nitrogen and oxygen atoms in total. The van der Waals surface area contributed by atoms with Crippen molar-refractivity contribution in [3.63, 3.8) is 0 Å². The van der Waals surface area contributed by atoms with E-state index >= 15 is 0 Å². The zero-order chi connectivity index (χ0) is 23.7. The number of unbranched alkanes of at least 4 members (excludes halogenated alkanes) is 18. The summed E-state index contributed by atoms with van der Waals surface area (Å²) in [4.78, 5) is 10.4. The Balaban J connectivity index is -0.000000512. The van der Waals surface area contributed by atoms with Crippen LogP contribution in [0.2, 0.25) is 0 Å². The molecule has 0 saturated heterocycles. The van der Waals surface area contributed by atoms with Gasteiger partial charge in [0.25, 0.3) is 0 Å². The average molecular weight is 425 g/mol. The van der Waals surface area contributed by atoms with Crippen molar-refractivity contribution >= 4 is 5.97 Å². The largest absolute Gasteiger partial charge is 0.481 e. The Hall–Kier alpha value is -1.31. The fourth-order valence-electron chi connectivity index (χ4n) is 3.35. The number of carboxylic acids is 1. The molecule has 0 unspecified atom stereocenters. The molecule has 1 N–H and O–H groups in total. The van der Waals surface area contributed by atoms with Gasteiger partial charge in [-0.2, -0.15) is 0 Å². The average Bonchev–Trinajstić information content (AvgIpc) is 2.79. The Morgan fingerprint density at radius 3 is 0.867 bits per heavy atom. The predicted molar refractivity (Wildman–Crippen MR) is 139 cm³/mol. The minimum atomic E-state index is -0.651. The Kier molecular flexibility index (Phi) is 50.4. The summed E-state index contributed by atoms with van der Waals surface area (Å²) in [5.41, 5.74) is 0. The van der Waals surface area contributed by atoms with Crippen molar-refractivity contribution in [1.82, 2.24) is 0 Å². The van der Waals surface area contributed by atoms with Crippen molar-refractivity contribution in [1.29, 1.82) is 0 Å². The van der Waals surface area contributed by atoms with Crippen LogP contribution < -0.4 is 0 Å². The minimum Gasteiger partial charge on any atom is -0.481 e. The van der Waals surface area contributed by atoms with E-state index < -0.39 is 5.97 Å². The van der Waals surface area contributed by atoms with Gasteiger partial charge in [-0.25, -0.2) is 0 Å². The monoisotopic (exact) mass is 424 g/mol. The molecule has 30 heavy (non-hydrogen) atoms. The highest BCUT2D eigenvalue weighted by atomic mass is 16.4. The van der Waals surface area contributed by atoms with Gasteiger partial charge < -0.3 is 5.11 Å². The van der Waals surface area contributed by atoms with E-state index in [1.165, 1.54) is 109 Å². The lowest BCUT2D eigenvalue weighted by Crippen LogP contribution is -1.93. The first-order chi connectivity index (χ1) is 14.8. The number of carboxylic acid groups (broad SMARTS) is 1. The third-order valence-electron chi connectivity index (χ3n) is 4.99. The van der Waals surface area contributed by atoms with Crippen LogP contribution in [0.15, 0.2) is 39.5 Å². The van der Waals surface area contributed by atoms with E-state index in [4.69, 9.17) is 5.11 Å². The molecule has 0 spiro atoms. The van der Waals surface area contributed by atoms with Crippen LogP contribution >= 0.6 is 0 Å². The predicted octanol–water partition coefficient (Wildman–Crippen LogP) is 10.3. The van der Waals surface area contributed by atoms with Gasteiger partial charge in [0.2, 0.25) is 0 Å². The van der Waals surface area contributed by atoms with Crippen LogP contribution in [0.3, 0.4) is 0 Å². The Morgan fingerprint density at radius 1 is 0.467 bits per heavy atom. The molecule has 180 valence electrons. The van der Waals surface area contributed by atoms with E-state index in [1.807, 2.05) is 0 Å². The number of aliphatic carboxylic acids is 1. The summed E-state index contributed by atoms with van der Waals surface area (Å²) in [7, 11) is 0. The van der Waals surface area contributed by atoms with E-state index in [0.717, 1.165) is 12.8 Å². The van der Waals surface area contributed by atoms with Crippen LogP contribution in [0, 0.1) is 0 Å². The lowest BCUT2D eigenvalue weighted by Gasteiger charge is -2.03. The molecule has 0 bridgehead atoms. The van der Waals surface area contributed by atoms with E-state index in [-0.39, 0.29) is 0 Å². The molecule has 0 fully saturated rings. The number of rotatable bonds is 20. The van der Waals surface area contributed by atoms with E-state index in [9.17, 15) is 4.79 Å². The van der Waals surface area contributed by atoms with E-state index in [1.54, 1.807) is 0 Å². The van der Waals surface area contributed by atoms with Gasteiger partial charge in [0.1, 0.15) is 0 Å². The van der Waals surface area contributed by atoms with Gasteiger partial charge in [-0.3, -0.25) is 4.79 Å². The highest BCUT2D eigenvalue weighted by Gasteiger charge is 1.97. The molecule has 0 aromatic rings. The third-order valence-corrected chi connectivity index (χ3v) is 4.99. The van der Waals surface area contributed by atoms with Crippen molar-refractivity contribution < 1.29 is 9.90 Å². The third kappa shape index (κ3) is 45.4. The highest BCUT2D eigenvalue weighted by Crippen LogP contribution is 2.14. The Labute approximate surface area is 190 Å². The second kappa shape index (κ2) is 41.9. The van der Waals surface area contributed by atoms with Crippen LogP contribution in [0.25, 0.3) is 0 Å². The molecule has 0 amide bonds. The van der Waals surface area contributed by atoms with Crippen LogP contribution in [0.5, 0.6) is 0 Å². The molecular weight excluding hydrogens is 368 g/mol. The highest BCUT2D eigenvalue weighted by molar-refractivity contribution is 5.66. The molecule has 0 rings (SSSR count). The van der Waals surface area contributed by atoms with Gasteiger partial charge in [0, 0.05) is 6.42 Å². The first-order valence-electron chi connectivity index (χ1n) is 12.5. The van der Waals surface area contributed by atoms with Crippen LogP contribution in [0.4, 0.5) is 0 Å². The molecule has 0 heterocycles. The Bertz CT molecular complexity index is 284. The molecule has 0 aliphatic rings. The van der Waals surface area contributed by atoms with Crippen LogP contribution in [0.1, 0.15) is 135 Å². The zero-order valence-corrected chi connectivity index (χ0v) is 20.7. The van der Waals surface area contributed by atoms with Gasteiger partial charge >= 0.3 is 5.97 Å². The van der Waals surface area contributed by atoms with Gasteiger partial charge in [-0.15, -0.1) is 39.5 Å². The topological polar surface area (TPSA) is 37.3 Å². The van der Waals surface area contributed by atoms with Crippen LogP contribution in [-0.2, 0) is 4.79 Å². The number of hydrogen-bond acceptors (Lipinski definition) is 1. The first-order valence-corrected chi connectivity index (χ1v) is 12.5. The molecular formula is C28H56O2. The summed E-state index contributed by atoms with van der Waals surface area (Å²) < 4.78 is 0. The molecule has 2 heteroatoms. The fraction of sp³-hybridized carbons (Fsp3) is 0.750. The summed E-state index contributed by atoms with van der Waals surface area (Å²) in [6, 6.07) is 0. The van der Waals surface area contributed by atoms with Crippen molar-refractivity contribution in [2.24, 2.45) is 0 Å². The normalized spacial score (nSPS) is 9.23. The zero-order valence-electron chi connectivity index (χ0n) is 20.7. The summed E-state index contributed by atoms with van der Waals surface area (Å²) in [6.45, 7) is 20.3. The van der Waals surface area contributed by atoms with Crippen molar-refractivity contribution in [3.8, 4) is 0 Å². The summed E-state index contributed by atoms with van der Waals surface area (Å²) in [6.07, 6.45) is 26.1. The molecule has 0 aliphatic heterocycles. The quantitative estimate of drug-likeness (QED) is 0.156. The first kappa shape index (κ1) is 36.1. The standard InChI is InChI=1S/C22H44O2.3C2H4/c1-2-3-4-5-6-7-8-9-10-11-12-13-14-15-16-17-18-19-20-21-22(23)24;3*1-2/h2-21H2,1H3,(H,23,24);3*1-2H2. The van der Waals surface area contributed by atoms with Gasteiger partial charge in [-0.1, -0.05) is 122 Å². The van der Waals surface area contributed by atoms with Crippen molar-refractivity contribution in [3.05, 3.63) is 39.5 Å². The molecule has 0 aromatic heterocycles. The second-order valence-electron chi connectivity index (χ2n) is 7.51. The fourth-order valence-corrected chi connectivity index (χ4v) is 3.35. The summed E-state index contributed by atoms with van der Waals surface area (Å²) in [5.74, 6) is -0.651. The van der Waals surface area contributed by atoms with Gasteiger partial charge in [0.05, 0.1) is 0 Å². The second-order valence-corrected chi connectivity index (χ2v) is 7.51. The maximum Gasteiger partial charge on any atom is 0.303 e. The maximum atomic E-state index is 10.4. The lowest BCUT2D eigenvalue weighted by atomic mass is 10.0. The number of hydrogen-bond donors (Lipinski definition) is 1. The molecule has 0 atom stereocenters. The smallest absolute Gasteiger partial charge is 0.303 e. The maximum absolute atomic E-state index is 10.4. The molecule has 0 aliphatic carbocycles.